The highest BCUT2D eigenvalue weighted by molar-refractivity contribution is 5.75. The minimum absolute atomic E-state index is 0.0962. The SMILES string of the molecule is CC1CCC(CN)(N(C)C(=O)N2CCCCC2)CC1. The molecule has 0 aromatic rings. The predicted molar refractivity (Wildman–Crippen MR) is 78.0 cm³/mol. The number of hydrogen-bond acceptors (Lipinski definition) is 2. The summed E-state index contributed by atoms with van der Waals surface area (Å²) in [4.78, 5) is 16.6. The van der Waals surface area contributed by atoms with Crippen molar-refractivity contribution in [2.24, 2.45) is 11.7 Å². The Kier molecular flexibility index (Phi) is 4.71. The second-order valence-electron chi connectivity index (χ2n) is 6.50. The standard InChI is InChI=1S/C15H29N3O/c1-13-6-8-15(12-16,9-7-13)17(2)14(19)18-10-4-3-5-11-18/h13H,3-12,16H2,1-2H3. The van der Waals surface area contributed by atoms with E-state index in [4.69, 9.17) is 5.73 Å². The highest BCUT2D eigenvalue weighted by Crippen LogP contribution is 2.35. The van der Waals surface area contributed by atoms with Crippen LogP contribution in [0.15, 0.2) is 0 Å². The zero-order valence-corrected chi connectivity index (χ0v) is 12.5. The van der Waals surface area contributed by atoms with E-state index < -0.39 is 0 Å². The Bertz CT molecular complexity index is 305. The summed E-state index contributed by atoms with van der Waals surface area (Å²) < 4.78 is 0. The number of likely N-dealkylation sites (N-methyl/N-ethyl adjacent to an activating group) is 1. The van der Waals surface area contributed by atoms with Gasteiger partial charge in [-0.3, -0.25) is 0 Å². The van der Waals surface area contributed by atoms with Gasteiger partial charge in [-0.1, -0.05) is 6.92 Å². The lowest BCUT2D eigenvalue weighted by molar-refractivity contribution is 0.0661. The molecular weight excluding hydrogens is 238 g/mol. The largest absolute Gasteiger partial charge is 0.328 e. The van der Waals surface area contributed by atoms with Crippen LogP contribution in [0.3, 0.4) is 0 Å². The molecule has 0 radical (unpaired) electrons. The van der Waals surface area contributed by atoms with Crippen LogP contribution in [-0.2, 0) is 0 Å². The van der Waals surface area contributed by atoms with E-state index in [-0.39, 0.29) is 11.6 Å². The summed E-state index contributed by atoms with van der Waals surface area (Å²) in [7, 11) is 1.96. The highest BCUT2D eigenvalue weighted by atomic mass is 16.2. The minimum atomic E-state index is -0.0962. The number of carbonyl (C=O) groups excluding carboxylic acids is 1. The number of likely N-dealkylation sites (tertiary alicyclic amines) is 1. The third kappa shape index (κ3) is 3.04. The van der Waals surface area contributed by atoms with Crippen LogP contribution in [-0.4, -0.2) is 48.1 Å². The predicted octanol–water partition coefficient (Wildman–Crippen LogP) is 2.43. The Morgan fingerprint density at radius 3 is 2.37 bits per heavy atom. The fourth-order valence-electron chi connectivity index (χ4n) is 3.48. The molecule has 0 unspecified atom stereocenters. The van der Waals surface area contributed by atoms with Crippen LogP contribution in [0.5, 0.6) is 0 Å². The van der Waals surface area contributed by atoms with Gasteiger partial charge in [0.15, 0.2) is 0 Å². The number of amides is 2. The number of piperidine rings is 1. The van der Waals surface area contributed by atoms with Crippen molar-refractivity contribution in [3.05, 3.63) is 0 Å². The van der Waals surface area contributed by atoms with Crippen LogP contribution in [0.2, 0.25) is 0 Å². The Balaban J connectivity index is 2.02. The van der Waals surface area contributed by atoms with E-state index in [1.807, 2.05) is 16.8 Å². The first kappa shape index (κ1) is 14.6. The Morgan fingerprint density at radius 2 is 1.84 bits per heavy atom. The van der Waals surface area contributed by atoms with Crippen LogP contribution in [0.1, 0.15) is 51.9 Å². The quantitative estimate of drug-likeness (QED) is 0.835. The molecule has 0 aromatic heterocycles. The van der Waals surface area contributed by atoms with Gasteiger partial charge in [0.25, 0.3) is 0 Å². The zero-order chi connectivity index (χ0) is 13.9. The van der Waals surface area contributed by atoms with Crippen molar-refractivity contribution in [2.75, 3.05) is 26.7 Å². The maximum atomic E-state index is 12.6. The van der Waals surface area contributed by atoms with Gasteiger partial charge >= 0.3 is 6.03 Å². The van der Waals surface area contributed by atoms with Crippen molar-refractivity contribution >= 4 is 6.03 Å². The number of urea groups is 1. The number of rotatable bonds is 2. The van der Waals surface area contributed by atoms with Gasteiger partial charge in [0.1, 0.15) is 0 Å². The van der Waals surface area contributed by atoms with E-state index in [9.17, 15) is 4.79 Å². The van der Waals surface area contributed by atoms with E-state index in [0.717, 1.165) is 44.7 Å². The van der Waals surface area contributed by atoms with Crippen LogP contribution in [0, 0.1) is 5.92 Å². The Labute approximate surface area is 117 Å². The van der Waals surface area contributed by atoms with Crippen LogP contribution < -0.4 is 5.73 Å². The Hall–Kier alpha value is -0.770. The molecule has 1 saturated carbocycles. The van der Waals surface area contributed by atoms with E-state index in [1.54, 1.807) is 0 Å². The number of carbonyl (C=O) groups is 1. The van der Waals surface area contributed by atoms with Crippen LogP contribution in [0.25, 0.3) is 0 Å². The Morgan fingerprint density at radius 1 is 1.26 bits per heavy atom. The molecule has 0 atom stereocenters. The van der Waals surface area contributed by atoms with Crippen molar-refractivity contribution in [3.63, 3.8) is 0 Å². The molecule has 0 spiro atoms. The summed E-state index contributed by atoms with van der Waals surface area (Å²) in [6.45, 7) is 4.73. The average molecular weight is 267 g/mol. The lowest BCUT2D eigenvalue weighted by Gasteiger charge is -2.47. The second-order valence-corrected chi connectivity index (χ2v) is 6.50. The van der Waals surface area contributed by atoms with E-state index in [0.29, 0.717) is 6.54 Å². The maximum Gasteiger partial charge on any atom is 0.320 e. The molecule has 1 aliphatic carbocycles. The summed E-state index contributed by atoms with van der Waals surface area (Å²) >= 11 is 0. The van der Waals surface area contributed by atoms with Crippen molar-refractivity contribution in [3.8, 4) is 0 Å². The normalized spacial score (nSPS) is 32.2. The molecule has 1 saturated heterocycles. The number of nitrogens with zero attached hydrogens (tertiary/aromatic N) is 2. The van der Waals surface area contributed by atoms with Crippen LogP contribution in [0.4, 0.5) is 4.79 Å². The van der Waals surface area contributed by atoms with Gasteiger partial charge in [0.2, 0.25) is 0 Å². The average Bonchev–Trinajstić information content (AvgIpc) is 2.48. The topological polar surface area (TPSA) is 49.6 Å². The molecule has 110 valence electrons. The molecule has 2 N–H and O–H groups in total. The highest BCUT2D eigenvalue weighted by Gasteiger charge is 2.40. The van der Waals surface area contributed by atoms with E-state index in [1.165, 1.54) is 19.3 Å². The summed E-state index contributed by atoms with van der Waals surface area (Å²) in [5.41, 5.74) is 5.94. The summed E-state index contributed by atoms with van der Waals surface area (Å²) in [5.74, 6) is 0.776. The number of nitrogens with two attached hydrogens (primary N) is 1. The van der Waals surface area contributed by atoms with Gasteiger partial charge in [0.05, 0.1) is 5.54 Å². The molecule has 2 aliphatic rings. The lowest BCUT2D eigenvalue weighted by Crippen LogP contribution is -2.59. The molecule has 0 aromatic carbocycles. The monoisotopic (exact) mass is 267 g/mol. The lowest BCUT2D eigenvalue weighted by atomic mass is 9.76. The van der Waals surface area contributed by atoms with Crippen molar-refractivity contribution in [1.82, 2.24) is 9.80 Å². The van der Waals surface area contributed by atoms with E-state index in [2.05, 4.69) is 6.92 Å². The first-order chi connectivity index (χ1) is 9.09. The van der Waals surface area contributed by atoms with Gasteiger partial charge in [-0.15, -0.1) is 0 Å². The molecule has 4 nitrogen and oxygen atoms in total. The second kappa shape index (κ2) is 6.12. The van der Waals surface area contributed by atoms with Crippen molar-refractivity contribution in [1.29, 1.82) is 0 Å². The molecule has 1 heterocycles. The van der Waals surface area contributed by atoms with Gasteiger partial charge in [0, 0.05) is 26.7 Å². The number of hydrogen-bond donors (Lipinski definition) is 1. The fourth-order valence-corrected chi connectivity index (χ4v) is 3.48. The van der Waals surface area contributed by atoms with Gasteiger partial charge < -0.3 is 15.5 Å². The van der Waals surface area contributed by atoms with Gasteiger partial charge in [-0.05, 0) is 50.9 Å². The molecule has 2 amide bonds. The first-order valence-electron chi connectivity index (χ1n) is 7.82. The van der Waals surface area contributed by atoms with Gasteiger partial charge in [-0.25, -0.2) is 4.79 Å². The fraction of sp³-hybridized carbons (Fsp3) is 0.933. The molecule has 2 rings (SSSR count). The van der Waals surface area contributed by atoms with Gasteiger partial charge in [-0.2, -0.15) is 0 Å². The molecule has 0 bridgehead atoms. The molecule has 19 heavy (non-hydrogen) atoms. The van der Waals surface area contributed by atoms with Crippen LogP contribution >= 0.6 is 0 Å². The molecule has 4 heteroatoms. The van der Waals surface area contributed by atoms with Crippen molar-refractivity contribution < 1.29 is 4.79 Å². The van der Waals surface area contributed by atoms with Crippen molar-refractivity contribution in [2.45, 2.75) is 57.4 Å². The smallest absolute Gasteiger partial charge is 0.320 e. The summed E-state index contributed by atoms with van der Waals surface area (Å²) in [6, 6.07) is 0.194. The molecular formula is C15H29N3O. The third-order valence-electron chi connectivity index (χ3n) is 5.21. The summed E-state index contributed by atoms with van der Waals surface area (Å²) in [5, 5.41) is 0. The van der Waals surface area contributed by atoms with E-state index >= 15 is 0 Å². The first-order valence-corrected chi connectivity index (χ1v) is 7.82. The molecule has 2 fully saturated rings. The minimum Gasteiger partial charge on any atom is -0.328 e. The molecule has 1 aliphatic heterocycles. The maximum absolute atomic E-state index is 12.6. The third-order valence-corrected chi connectivity index (χ3v) is 5.21. The zero-order valence-electron chi connectivity index (χ0n) is 12.5. The summed E-state index contributed by atoms with van der Waals surface area (Å²) in [6.07, 6.45) is 8.04.